The summed E-state index contributed by atoms with van der Waals surface area (Å²) in [5.41, 5.74) is 0. The maximum absolute atomic E-state index is 13.8. The number of nitrogens with one attached hydrogen (secondary N) is 3. The molecule has 25 heavy (non-hydrogen) atoms. The molecule has 2 aromatic heterocycles. The minimum Gasteiger partial charge on any atom is -0.467 e. The molecule has 1 aliphatic heterocycles. The maximum atomic E-state index is 13.8. The van der Waals surface area contributed by atoms with Crippen molar-refractivity contribution < 1.29 is 27.0 Å². The third-order valence-corrected chi connectivity index (χ3v) is 3.32. The van der Waals surface area contributed by atoms with Crippen molar-refractivity contribution in [2.75, 3.05) is 18.4 Å². The quantitative estimate of drug-likeness (QED) is 0.676. The summed E-state index contributed by atoms with van der Waals surface area (Å²) in [7, 11) is 0. The molecule has 3 heterocycles. The van der Waals surface area contributed by atoms with E-state index in [1.165, 1.54) is 18.5 Å². The molecule has 3 rings (SSSR count). The molecule has 12 heteroatoms. The summed E-state index contributed by atoms with van der Waals surface area (Å²) in [6.07, 6.45) is 1.32. The third-order valence-electron chi connectivity index (χ3n) is 3.32. The Labute approximate surface area is 138 Å². The number of hydrogen-bond acceptors (Lipinski definition) is 7. The van der Waals surface area contributed by atoms with Gasteiger partial charge in [0.25, 0.3) is 5.92 Å². The predicted molar refractivity (Wildman–Crippen MR) is 77.4 cm³/mol. The van der Waals surface area contributed by atoms with E-state index in [0.29, 0.717) is 6.54 Å². The largest absolute Gasteiger partial charge is 0.467 e. The molecule has 1 saturated heterocycles. The molecule has 1 aliphatic rings. The van der Waals surface area contributed by atoms with Gasteiger partial charge < -0.3 is 20.1 Å². The first-order valence-electron chi connectivity index (χ1n) is 7.27. The zero-order chi connectivity index (χ0) is 17.9. The molecule has 0 aliphatic carbocycles. The second-order valence-electron chi connectivity index (χ2n) is 5.20. The number of alkyl halides is 4. The Bertz CT molecular complexity index is 713. The van der Waals surface area contributed by atoms with Crippen molar-refractivity contribution in [2.45, 2.75) is 25.1 Å². The number of rotatable bonds is 6. The highest BCUT2D eigenvalue weighted by Crippen LogP contribution is 2.27. The first kappa shape index (κ1) is 17.2. The van der Waals surface area contributed by atoms with Crippen LogP contribution in [0.1, 0.15) is 6.42 Å². The highest BCUT2D eigenvalue weighted by atomic mass is 19.3. The SMILES string of the molecule is FC(F)Oc1cc(Nc2cncc(OC3CCNCC3(F)F)n2)n[nH]1. The van der Waals surface area contributed by atoms with Gasteiger partial charge in [0.2, 0.25) is 11.8 Å². The van der Waals surface area contributed by atoms with E-state index in [0.717, 1.165) is 0 Å². The van der Waals surface area contributed by atoms with Crippen LogP contribution < -0.4 is 20.1 Å². The van der Waals surface area contributed by atoms with E-state index in [-0.39, 0.29) is 29.8 Å². The first-order valence-corrected chi connectivity index (χ1v) is 7.27. The molecule has 0 amide bonds. The van der Waals surface area contributed by atoms with E-state index in [1.807, 2.05) is 0 Å². The van der Waals surface area contributed by atoms with Gasteiger partial charge in [0.05, 0.1) is 18.9 Å². The topological polar surface area (TPSA) is 97.0 Å². The summed E-state index contributed by atoms with van der Waals surface area (Å²) in [4.78, 5) is 7.85. The van der Waals surface area contributed by atoms with Crippen molar-refractivity contribution in [3.8, 4) is 11.8 Å². The highest BCUT2D eigenvalue weighted by Gasteiger charge is 2.43. The van der Waals surface area contributed by atoms with Gasteiger partial charge in [-0.2, -0.15) is 18.9 Å². The van der Waals surface area contributed by atoms with Crippen molar-refractivity contribution >= 4 is 11.6 Å². The van der Waals surface area contributed by atoms with Crippen molar-refractivity contribution in [1.29, 1.82) is 0 Å². The molecule has 3 N–H and O–H groups in total. The van der Waals surface area contributed by atoms with E-state index < -0.39 is 25.2 Å². The Morgan fingerprint density at radius 2 is 2.12 bits per heavy atom. The Hall–Kier alpha value is -2.63. The van der Waals surface area contributed by atoms with Gasteiger partial charge in [-0.15, -0.1) is 0 Å². The number of aromatic amines is 1. The number of piperidine rings is 1. The van der Waals surface area contributed by atoms with Crippen LogP contribution in [0.3, 0.4) is 0 Å². The molecule has 1 unspecified atom stereocenters. The van der Waals surface area contributed by atoms with Crippen LogP contribution in [0.4, 0.5) is 29.2 Å². The van der Waals surface area contributed by atoms with Crippen LogP contribution in [0.15, 0.2) is 18.5 Å². The van der Waals surface area contributed by atoms with Crippen LogP contribution in [0.5, 0.6) is 11.8 Å². The maximum Gasteiger partial charge on any atom is 0.388 e. The molecular formula is C13H14F4N6O2. The Morgan fingerprint density at radius 1 is 1.28 bits per heavy atom. The summed E-state index contributed by atoms with van der Waals surface area (Å²) in [5.74, 6) is -3.07. The third kappa shape index (κ3) is 4.47. The molecule has 2 aromatic rings. The molecule has 0 aromatic carbocycles. The Balaban J connectivity index is 1.66. The normalized spacial score (nSPS) is 19.6. The molecule has 136 valence electrons. The van der Waals surface area contributed by atoms with Crippen LogP contribution in [-0.2, 0) is 0 Å². The van der Waals surface area contributed by atoms with Gasteiger partial charge in [0, 0.05) is 12.5 Å². The molecule has 1 atom stereocenters. The number of aromatic nitrogens is 4. The molecular weight excluding hydrogens is 348 g/mol. The molecule has 1 fully saturated rings. The predicted octanol–water partition coefficient (Wildman–Crippen LogP) is 1.92. The van der Waals surface area contributed by atoms with Crippen LogP contribution in [0.25, 0.3) is 0 Å². The van der Waals surface area contributed by atoms with Gasteiger partial charge in [0.15, 0.2) is 17.7 Å². The standard InChI is InChI=1S/C13H14F4N6O2/c14-12(15)25-10-3-8(22-23-10)20-9-4-19-5-11(21-9)24-7-1-2-18-6-13(7,16)17/h3-5,7,12,18H,1-2,6H2,(H2,20,21,22,23). The number of ether oxygens (including phenoxy) is 2. The smallest absolute Gasteiger partial charge is 0.388 e. The fraction of sp³-hybridized carbons (Fsp3) is 0.462. The van der Waals surface area contributed by atoms with Gasteiger partial charge in [-0.3, -0.25) is 4.98 Å². The van der Waals surface area contributed by atoms with Crippen molar-refractivity contribution in [3.05, 3.63) is 18.5 Å². The van der Waals surface area contributed by atoms with Crippen LogP contribution >= 0.6 is 0 Å². The fourth-order valence-corrected chi connectivity index (χ4v) is 2.22. The number of anilines is 2. The zero-order valence-electron chi connectivity index (χ0n) is 12.7. The minimum atomic E-state index is -3.02. The summed E-state index contributed by atoms with van der Waals surface area (Å²) < 4.78 is 61.1. The van der Waals surface area contributed by atoms with E-state index in [9.17, 15) is 17.6 Å². The minimum absolute atomic E-state index is 0.0869. The van der Waals surface area contributed by atoms with E-state index >= 15 is 0 Å². The van der Waals surface area contributed by atoms with Crippen LogP contribution in [0.2, 0.25) is 0 Å². The highest BCUT2D eigenvalue weighted by molar-refractivity contribution is 5.51. The Kier molecular flexibility index (Phi) is 4.88. The summed E-state index contributed by atoms with van der Waals surface area (Å²) in [6.45, 7) is -3.05. The lowest BCUT2D eigenvalue weighted by Gasteiger charge is -2.31. The van der Waals surface area contributed by atoms with Gasteiger partial charge in [0.1, 0.15) is 0 Å². The van der Waals surface area contributed by atoms with Crippen LogP contribution in [-0.4, -0.2) is 51.9 Å². The van der Waals surface area contributed by atoms with E-state index in [2.05, 4.69) is 35.5 Å². The number of nitrogens with zero attached hydrogens (tertiary/aromatic N) is 3. The van der Waals surface area contributed by atoms with Gasteiger partial charge in [-0.05, 0) is 6.54 Å². The lowest BCUT2D eigenvalue weighted by Crippen LogP contribution is -2.52. The summed E-state index contributed by atoms with van der Waals surface area (Å²) >= 11 is 0. The van der Waals surface area contributed by atoms with Crippen molar-refractivity contribution in [2.24, 2.45) is 0 Å². The lowest BCUT2D eigenvalue weighted by molar-refractivity contribution is -0.110. The monoisotopic (exact) mass is 362 g/mol. The lowest BCUT2D eigenvalue weighted by atomic mass is 10.1. The zero-order valence-corrected chi connectivity index (χ0v) is 12.7. The second kappa shape index (κ2) is 7.09. The molecule has 0 saturated carbocycles. The average molecular weight is 362 g/mol. The van der Waals surface area contributed by atoms with Crippen LogP contribution in [0, 0.1) is 0 Å². The summed E-state index contributed by atoms with van der Waals surface area (Å²) in [5, 5.41) is 11.2. The fourth-order valence-electron chi connectivity index (χ4n) is 2.22. The number of H-pyrrole nitrogens is 1. The van der Waals surface area contributed by atoms with E-state index in [1.54, 1.807) is 0 Å². The summed E-state index contributed by atoms with van der Waals surface area (Å²) in [6, 6.07) is 1.18. The first-order chi connectivity index (χ1) is 11.9. The molecule has 8 nitrogen and oxygen atoms in total. The van der Waals surface area contributed by atoms with Gasteiger partial charge in [-0.25, -0.2) is 13.9 Å². The second-order valence-corrected chi connectivity index (χ2v) is 5.20. The molecule has 0 bridgehead atoms. The van der Waals surface area contributed by atoms with Gasteiger partial charge >= 0.3 is 6.61 Å². The Morgan fingerprint density at radius 3 is 2.88 bits per heavy atom. The van der Waals surface area contributed by atoms with Gasteiger partial charge in [-0.1, -0.05) is 0 Å². The van der Waals surface area contributed by atoms with Crippen molar-refractivity contribution in [3.63, 3.8) is 0 Å². The number of halogens is 4. The molecule has 0 spiro atoms. The van der Waals surface area contributed by atoms with Crippen molar-refractivity contribution in [1.82, 2.24) is 25.5 Å². The number of hydrogen-bond donors (Lipinski definition) is 3. The average Bonchev–Trinajstić information content (AvgIpc) is 2.96. The van der Waals surface area contributed by atoms with E-state index in [4.69, 9.17) is 4.74 Å². The molecule has 0 radical (unpaired) electrons.